The lowest BCUT2D eigenvalue weighted by Crippen LogP contribution is -3.00. The Morgan fingerprint density at radius 1 is 1.61 bits per heavy atom. The number of halogens is 1. The number of aryl methyl sites for hydroxylation is 1. The summed E-state index contributed by atoms with van der Waals surface area (Å²) >= 11 is 1.55. The van der Waals surface area contributed by atoms with Crippen LogP contribution in [-0.4, -0.2) is 37.9 Å². The molecule has 18 heavy (non-hydrogen) atoms. The zero-order chi connectivity index (χ0) is 12.8. The van der Waals surface area contributed by atoms with Gasteiger partial charge in [-0.05, 0) is 30.2 Å². The molecule has 0 spiro atoms. The third kappa shape index (κ3) is 5.59. The first-order valence-electron chi connectivity index (χ1n) is 5.39. The minimum atomic E-state index is -0.239. The van der Waals surface area contributed by atoms with Gasteiger partial charge < -0.3 is 26.6 Å². The van der Waals surface area contributed by atoms with Crippen LogP contribution in [0.1, 0.15) is 11.8 Å². The summed E-state index contributed by atoms with van der Waals surface area (Å²) in [5.74, 6) is -0.239. The second-order valence-corrected chi connectivity index (χ2v) is 4.98. The number of aliphatic imine (C=N–C) groups is 1. The first kappa shape index (κ1) is 17.1. The van der Waals surface area contributed by atoms with Crippen LogP contribution in [-0.2, 0) is 16.1 Å². The van der Waals surface area contributed by atoms with Gasteiger partial charge in [0.2, 0.25) is 6.34 Å². The monoisotopic (exact) mass is 335 g/mol. The van der Waals surface area contributed by atoms with E-state index in [1.165, 1.54) is 0 Å². The van der Waals surface area contributed by atoms with E-state index in [1.807, 2.05) is 32.1 Å². The number of hydrogen-bond acceptors (Lipinski definition) is 4. The predicted molar refractivity (Wildman–Crippen MR) is 67.7 cm³/mol. The van der Waals surface area contributed by atoms with E-state index in [-0.39, 0.29) is 29.5 Å². The van der Waals surface area contributed by atoms with Crippen molar-refractivity contribution in [1.82, 2.24) is 4.90 Å². The molecular formula is C11H18BrN3O2S. The van der Waals surface area contributed by atoms with E-state index >= 15 is 0 Å². The Morgan fingerprint density at radius 3 is 2.83 bits per heavy atom. The first-order valence-corrected chi connectivity index (χ1v) is 6.20. The summed E-state index contributed by atoms with van der Waals surface area (Å²) in [5.41, 5.74) is 0. The van der Waals surface area contributed by atoms with E-state index in [2.05, 4.69) is 4.99 Å². The zero-order valence-electron chi connectivity index (χ0n) is 11.0. The maximum atomic E-state index is 11.4. The van der Waals surface area contributed by atoms with Crippen molar-refractivity contribution in [2.45, 2.75) is 20.4 Å². The molecule has 0 N–H and O–H groups in total. The van der Waals surface area contributed by atoms with Gasteiger partial charge in [-0.3, -0.25) is 0 Å². The molecule has 1 aromatic rings. The average molecular weight is 336 g/mol. The standard InChI is InChI=1S/C11H18N3O2S.BrH/c1-5-16-10(15)7-14-6-9(2)17-11(14)12-8-13(3)4;/h6,8H,5,7H2,1-4H3;1H/q+1;/p-1. The summed E-state index contributed by atoms with van der Waals surface area (Å²) < 4.78 is 6.72. The SMILES string of the molecule is CCOC(=O)C[n+]1cc(C)sc1N=CN(C)C.[Br-]. The lowest BCUT2D eigenvalue weighted by molar-refractivity contribution is -0.669. The van der Waals surface area contributed by atoms with E-state index in [9.17, 15) is 4.79 Å². The number of carbonyl (C=O) groups excluding carboxylic acids is 1. The number of aromatic nitrogens is 1. The van der Waals surface area contributed by atoms with Crippen LogP contribution in [0.15, 0.2) is 11.2 Å². The van der Waals surface area contributed by atoms with Crippen LogP contribution in [0.3, 0.4) is 0 Å². The highest BCUT2D eigenvalue weighted by Crippen LogP contribution is 2.17. The molecule has 1 rings (SSSR count). The van der Waals surface area contributed by atoms with Gasteiger partial charge >= 0.3 is 11.1 Å². The summed E-state index contributed by atoms with van der Waals surface area (Å²) in [7, 11) is 3.80. The van der Waals surface area contributed by atoms with Crippen molar-refractivity contribution < 1.29 is 31.1 Å². The summed E-state index contributed by atoms with van der Waals surface area (Å²) in [6.45, 7) is 4.39. The molecule has 0 bridgehead atoms. The fourth-order valence-corrected chi connectivity index (χ4v) is 2.03. The molecule has 0 saturated carbocycles. The highest BCUT2D eigenvalue weighted by molar-refractivity contribution is 7.14. The van der Waals surface area contributed by atoms with Gasteiger partial charge in [0.1, 0.15) is 6.20 Å². The summed E-state index contributed by atoms with van der Waals surface area (Å²) in [5, 5.41) is 0.796. The second kappa shape index (κ2) is 8.20. The van der Waals surface area contributed by atoms with Crippen molar-refractivity contribution in [1.29, 1.82) is 0 Å². The molecule has 102 valence electrons. The minimum Gasteiger partial charge on any atom is -1.00 e. The van der Waals surface area contributed by atoms with Crippen molar-refractivity contribution in [3.05, 3.63) is 11.1 Å². The topological polar surface area (TPSA) is 45.8 Å². The molecule has 5 nitrogen and oxygen atoms in total. The normalized spacial score (nSPS) is 10.2. The van der Waals surface area contributed by atoms with Gasteiger partial charge in [-0.2, -0.15) is 0 Å². The molecule has 0 unspecified atom stereocenters. The Bertz CT molecular complexity index is 418. The van der Waals surface area contributed by atoms with Crippen LogP contribution in [0, 0.1) is 6.92 Å². The third-order valence-corrected chi connectivity index (χ3v) is 2.79. The van der Waals surface area contributed by atoms with Gasteiger partial charge in [-0.15, -0.1) is 0 Å². The number of rotatable bonds is 5. The summed E-state index contributed by atoms with van der Waals surface area (Å²) in [6, 6.07) is 0. The molecular weight excluding hydrogens is 318 g/mol. The molecule has 7 heteroatoms. The molecule has 0 atom stereocenters. The number of nitrogens with zero attached hydrogens (tertiary/aromatic N) is 3. The van der Waals surface area contributed by atoms with Crippen molar-refractivity contribution >= 4 is 28.8 Å². The number of ether oxygens (including phenoxy) is 1. The van der Waals surface area contributed by atoms with Gasteiger partial charge in [0.25, 0.3) is 0 Å². The van der Waals surface area contributed by atoms with Crippen LogP contribution < -0.4 is 21.5 Å². The summed E-state index contributed by atoms with van der Waals surface area (Å²) in [4.78, 5) is 18.7. The van der Waals surface area contributed by atoms with E-state index < -0.39 is 0 Å². The highest BCUT2D eigenvalue weighted by Gasteiger charge is 2.17. The smallest absolute Gasteiger partial charge is 0.384 e. The van der Waals surface area contributed by atoms with Gasteiger partial charge in [-0.1, -0.05) is 0 Å². The van der Waals surface area contributed by atoms with Crippen LogP contribution in [0.4, 0.5) is 5.13 Å². The lowest BCUT2D eigenvalue weighted by Gasteiger charge is -1.99. The van der Waals surface area contributed by atoms with Crippen LogP contribution >= 0.6 is 11.3 Å². The predicted octanol–water partition coefficient (Wildman–Crippen LogP) is -1.87. The zero-order valence-corrected chi connectivity index (χ0v) is 13.4. The van der Waals surface area contributed by atoms with Crippen LogP contribution in [0.25, 0.3) is 0 Å². The second-order valence-electron chi connectivity index (χ2n) is 3.77. The fourth-order valence-electron chi connectivity index (χ4n) is 1.23. The first-order chi connectivity index (χ1) is 8.02. The highest BCUT2D eigenvalue weighted by atomic mass is 79.9. The number of carbonyl (C=O) groups is 1. The van der Waals surface area contributed by atoms with Crippen molar-refractivity contribution in [3.8, 4) is 0 Å². The number of hydrogen-bond donors (Lipinski definition) is 0. The molecule has 1 heterocycles. The Labute approximate surface area is 122 Å². The van der Waals surface area contributed by atoms with Gasteiger partial charge in [0.15, 0.2) is 6.54 Å². The van der Waals surface area contributed by atoms with Crippen molar-refractivity contribution in [2.75, 3.05) is 20.7 Å². The molecule has 0 saturated heterocycles. The maximum absolute atomic E-state index is 11.4. The van der Waals surface area contributed by atoms with Gasteiger partial charge in [0.05, 0.1) is 6.61 Å². The number of esters is 1. The van der Waals surface area contributed by atoms with Crippen molar-refractivity contribution in [3.63, 3.8) is 0 Å². The quantitative estimate of drug-likeness (QED) is 0.274. The maximum Gasteiger partial charge on any atom is 0.384 e. The Kier molecular flexibility index (Phi) is 7.77. The molecule has 0 fully saturated rings. The van der Waals surface area contributed by atoms with E-state index in [0.29, 0.717) is 6.61 Å². The number of thiazole rings is 1. The van der Waals surface area contributed by atoms with Crippen LogP contribution in [0.2, 0.25) is 0 Å². The molecule has 0 amide bonds. The molecule has 0 aromatic carbocycles. The molecule has 0 aliphatic carbocycles. The molecule has 0 aliphatic rings. The minimum absolute atomic E-state index is 0. The molecule has 1 aromatic heterocycles. The fraction of sp³-hybridized carbons (Fsp3) is 0.545. The lowest BCUT2D eigenvalue weighted by atomic mass is 10.6. The molecule has 0 aliphatic heterocycles. The third-order valence-electron chi connectivity index (χ3n) is 1.84. The molecule has 0 radical (unpaired) electrons. The Morgan fingerprint density at radius 2 is 2.28 bits per heavy atom. The van der Waals surface area contributed by atoms with E-state index in [0.717, 1.165) is 10.0 Å². The summed E-state index contributed by atoms with van der Waals surface area (Å²) in [6.07, 6.45) is 3.62. The van der Waals surface area contributed by atoms with Gasteiger partial charge in [0, 0.05) is 19.0 Å². The Balaban J connectivity index is 0.00000289. The van der Waals surface area contributed by atoms with Gasteiger partial charge in [-0.25, -0.2) is 9.36 Å². The van der Waals surface area contributed by atoms with E-state index in [4.69, 9.17) is 4.74 Å². The Hall–Kier alpha value is -0.950. The van der Waals surface area contributed by atoms with Crippen molar-refractivity contribution in [2.24, 2.45) is 4.99 Å². The average Bonchev–Trinajstić information content (AvgIpc) is 2.56. The van der Waals surface area contributed by atoms with Crippen LogP contribution in [0.5, 0.6) is 0 Å². The largest absolute Gasteiger partial charge is 1.00 e. The van der Waals surface area contributed by atoms with E-state index in [1.54, 1.807) is 29.2 Å².